The number of benzene rings is 3. The van der Waals surface area contributed by atoms with Crippen LogP contribution in [0.4, 0.5) is 0 Å². The highest BCUT2D eigenvalue weighted by Crippen LogP contribution is 2.40. The molecule has 1 aliphatic carbocycles. The van der Waals surface area contributed by atoms with E-state index >= 15 is 0 Å². The molecule has 0 radical (unpaired) electrons. The maximum absolute atomic E-state index is 14.2. The number of hydrogen-bond acceptors (Lipinski definition) is 3. The summed E-state index contributed by atoms with van der Waals surface area (Å²) in [6.45, 7) is 1.96. The Kier molecular flexibility index (Phi) is 6.38. The summed E-state index contributed by atoms with van der Waals surface area (Å²) in [4.78, 5) is 5.34. The van der Waals surface area contributed by atoms with Gasteiger partial charge >= 0.3 is 0 Å². The van der Waals surface area contributed by atoms with E-state index in [2.05, 4.69) is 6.08 Å². The van der Waals surface area contributed by atoms with E-state index in [0.29, 0.717) is 11.8 Å². The van der Waals surface area contributed by atoms with Crippen LogP contribution in [0.2, 0.25) is 0 Å². The van der Waals surface area contributed by atoms with E-state index in [9.17, 15) is 8.42 Å². The van der Waals surface area contributed by atoms with Gasteiger partial charge in [-0.05, 0) is 43.5 Å². The zero-order valence-corrected chi connectivity index (χ0v) is 20.3. The highest BCUT2D eigenvalue weighted by molar-refractivity contribution is 7.89. The van der Waals surface area contributed by atoms with Gasteiger partial charge in [-0.3, -0.25) is 0 Å². The predicted octanol–water partition coefficient (Wildman–Crippen LogP) is 6.65. The zero-order chi connectivity index (χ0) is 23.5. The monoisotopic (exact) mass is 470 g/mol. The third-order valence-electron chi connectivity index (χ3n) is 6.80. The number of nitrogens with zero attached hydrogens (tertiary/aromatic N) is 2. The molecule has 3 aromatic carbocycles. The summed E-state index contributed by atoms with van der Waals surface area (Å²) in [5.41, 5.74) is 3.78. The van der Waals surface area contributed by atoms with Gasteiger partial charge in [0.2, 0.25) is 0 Å². The van der Waals surface area contributed by atoms with Crippen LogP contribution >= 0.6 is 0 Å². The largest absolute Gasteiger partial charge is 0.266 e. The third kappa shape index (κ3) is 4.45. The third-order valence-corrected chi connectivity index (χ3v) is 8.59. The Labute approximate surface area is 202 Å². The fourth-order valence-electron chi connectivity index (χ4n) is 4.94. The smallest absolute Gasteiger partial charge is 0.238 e. The normalized spacial score (nSPS) is 19.4. The van der Waals surface area contributed by atoms with E-state index in [1.807, 2.05) is 79.7 Å². The molecule has 0 spiro atoms. The van der Waals surface area contributed by atoms with Crippen molar-refractivity contribution in [1.82, 2.24) is 4.31 Å². The Morgan fingerprint density at radius 3 is 2.06 bits per heavy atom. The van der Waals surface area contributed by atoms with Crippen LogP contribution in [0.3, 0.4) is 0 Å². The highest BCUT2D eigenvalue weighted by atomic mass is 32.2. The first-order chi connectivity index (χ1) is 16.5. The molecule has 174 valence electrons. The topological polar surface area (TPSA) is 49.7 Å². The van der Waals surface area contributed by atoms with Crippen LogP contribution in [0.15, 0.2) is 107 Å². The molecule has 0 bridgehead atoms. The number of allylic oxidation sites excluding steroid dienone is 1. The molecule has 0 saturated heterocycles. The Hall–Kier alpha value is -3.18. The van der Waals surface area contributed by atoms with E-state index in [1.54, 1.807) is 12.1 Å². The number of rotatable bonds is 5. The summed E-state index contributed by atoms with van der Waals surface area (Å²) < 4.78 is 29.9. The molecule has 34 heavy (non-hydrogen) atoms. The molecule has 2 aliphatic rings. The SMILES string of the molecule is Cc1ccc(S(=O)(=O)N2C(c3ccccc3)=NC(C3CCCCC3)=CC2c2ccccc2)cc1. The maximum Gasteiger partial charge on any atom is 0.266 e. The first-order valence-corrected chi connectivity index (χ1v) is 13.5. The molecule has 5 rings (SSSR count). The number of aliphatic imine (C=N–C) groups is 1. The van der Waals surface area contributed by atoms with Gasteiger partial charge in [-0.15, -0.1) is 0 Å². The minimum Gasteiger partial charge on any atom is -0.238 e. The number of hydrogen-bond donors (Lipinski definition) is 0. The van der Waals surface area contributed by atoms with Crippen molar-refractivity contribution in [2.24, 2.45) is 10.9 Å². The lowest BCUT2D eigenvalue weighted by Crippen LogP contribution is -2.42. The fraction of sp³-hybridized carbons (Fsp3) is 0.276. The molecule has 0 aromatic heterocycles. The van der Waals surface area contributed by atoms with Gasteiger partial charge in [-0.1, -0.05) is 97.6 Å². The molecular weight excluding hydrogens is 440 g/mol. The van der Waals surface area contributed by atoms with Crippen molar-refractivity contribution in [3.05, 3.63) is 113 Å². The summed E-state index contributed by atoms with van der Waals surface area (Å²) in [5, 5.41) is 0. The van der Waals surface area contributed by atoms with Crippen molar-refractivity contribution in [1.29, 1.82) is 0 Å². The average molecular weight is 471 g/mol. The van der Waals surface area contributed by atoms with E-state index in [1.165, 1.54) is 23.6 Å². The second kappa shape index (κ2) is 9.59. The average Bonchev–Trinajstić information content (AvgIpc) is 2.90. The standard InChI is InChI=1S/C29H30N2O2S/c1-22-17-19-26(20-18-22)34(32,33)31-28(24-13-7-3-8-14-24)21-27(23-11-5-2-6-12-23)30-29(31)25-15-9-4-10-16-25/h3-4,7-10,13-21,23,28H,2,5-6,11-12H2,1H3. The summed E-state index contributed by atoms with van der Waals surface area (Å²) in [7, 11) is -3.87. The molecule has 1 heterocycles. The molecule has 1 aliphatic heterocycles. The molecule has 4 nitrogen and oxygen atoms in total. The number of aryl methyl sites for hydroxylation is 1. The van der Waals surface area contributed by atoms with Gasteiger partial charge in [0.15, 0.2) is 5.84 Å². The molecule has 0 amide bonds. The quantitative estimate of drug-likeness (QED) is 0.419. The minimum absolute atomic E-state index is 0.275. The van der Waals surface area contributed by atoms with E-state index in [0.717, 1.165) is 35.2 Å². The van der Waals surface area contributed by atoms with Crippen molar-refractivity contribution in [3.63, 3.8) is 0 Å². The van der Waals surface area contributed by atoms with Crippen LogP contribution in [0.1, 0.15) is 54.8 Å². The lowest BCUT2D eigenvalue weighted by molar-refractivity contribution is 0.390. The minimum atomic E-state index is -3.87. The van der Waals surface area contributed by atoms with Gasteiger partial charge in [-0.25, -0.2) is 17.7 Å². The Balaban J connectivity index is 1.71. The fourth-order valence-corrected chi connectivity index (χ4v) is 6.51. The second-order valence-electron chi connectivity index (χ2n) is 9.20. The first-order valence-electron chi connectivity index (χ1n) is 12.1. The van der Waals surface area contributed by atoms with Crippen molar-refractivity contribution in [2.45, 2.75) is 50.0 Å². The Morgan fingerprint density at radius 2 is 1.41 bits per heavy atom. The lowest BCUT2D eigenvalue weighted by atomic mass is 9.85. The van der Waals surface area contributed by atoms with Crippen LogP contribution in [0, 0.1) is 12.8 Å². The van der Waals surface area contributed by atoms with E-state index in [-0.39, 0.29) is 4.90 Å². The zero-order valence-electron chi connectivity index (χ0n) is 19.5. The van der Waals surface area contributed by atoms with Gasteiger partial charge in [-0.2, -0.15) is 0 Å². The van der Waals surface area contributed by atoms with Crippen molar-refractivity contribution in [3.8, 4) is 0 Å². The lowest BCUT2D eigenvalue weighted by Gasteiger charge is -2.37. The molecule has 5 heteroatoms. The predicted molar refractivity (Wildman–Crippen MR) is 137 cm³/mol. The number of amidine groups is 1. The van der Waals surface area contributed by atoms with Gasteiger partial charge in [0.05, 0.1) is 10.9 Å². The van der Waals surface area contributed by atoms with Gasteiger partial charge in [0.1, 0.15) is 0 Å². The van der Waals surface area contributed by atoms with Crippen LogP contribution in [0.5, 0.6) is 0 Å². The van der Waals surface area contributed by atoms with Crippen LogP contribution < -0.4 is 0 Å². The van der Waals surface area contributed by atoms with Gasteiger partial charge in [0.25, 0.3) is 10.0 Å². The van der Waals surface area contributed by atoms with Crippen molar-refractivity contribution >= 4 is 15.9 Å². The summed E-state index contributed by atoms with van der Waals surface area (Å²) in [6, 6.07) is 26.2. The number of sulfonamides is 1. The molecule has 1 saturated carbocycles. The molecule has 1 unspecified atom stereocenters. The van der Waals surface area contributed by atoms with Crippen LogP contribution in [-0.4, -0.2) is 18.6 Å². The van der Waals surface area contributed by atoms with Crippen molar-refractivity contribution < 1.29 is 8.42 Å². The van der Waals surface area contributed by atoms with E-state index in [4.69, 9.17) is 4.99 Å². The second-order valence-corrected chi connectivity index (χ2v) is 11.0. The summed E-state index contributed by atoms with van der Waals surface area (Å²) >= 11 is 0. The van der Waals surface area contributed by atoms with Crippen LogP contribution in [-0.2, 0) is 10.0 Å². The van der Waals surface area contributed by atoms with E-state index < -0.39 is 16.1 Å². The summed E-state index contributed by atoms with van der Waals surface area (Å²) in [6.07, 6.45) is 7.94. The van der Waals surface area contributed by atoms with Crippen molar-refractivity contribution in [2.75, 3.05) is 0 Å². The molecule has 3 aromatic rings. The maximum atomic E-state index is 14.2. The highest BCUT2D eigenvalue weighted by Gasteiger charge is 2.38. The van der Waals surface area contributed by atoms with Gasteiger partial charge < -0.3 is 0 Å². The Bertz CT molecular complexity index is 1290. The molecular formula is C29H30N2O2S. The first kappa shape index (κ1) is 22.6. The molecule has 0 N–H and O–H groups in total. The Morgan fingerprint density at radius 1 is 0.794 bits per heavy atom. The van der Waals surface area contributed by atoms with Gasteiger partial charge in [0, 0.05) is 17.2 Å². The molecule has 1 atom stereocenters. The molecule has 1 fully saturated rings. The summed E-state index contributed by atoms with van der Waals surface area (Å²) in [5.74, 6) is 0.862. The van der Waals surface area contributed by atoms with Crippen LogP contribution in [0.25, 0.3) is 0 Å².